The zero-order valence-electron chi connectivity index (χ0n) is 10.9. The standard InChI is InChI=1S/C13H14O7/c1-6-3-4-8(5-7(6)2)13(19)20-10(12(17)18)9(14)11(15)16/h3-5,9-10,14H,1-2H3,(H,15,16)(H,17,18)/t9-,10-/m0/s1. The van der Waals surface area contributed by atoms with Crippen molar-refractivity contribution in [2.75, 3.05) is 0 Å². The van der Waals surface area contributed by atoms with Crippen molar-refractivity contribution in [3.63, 3.8) is 0 Å². The number of benzene rings is 1. The van der Waals surface area contributed by atoms with Gasteiger partial charge in [-0.2, -0.15) is 0 Å². The van der Waals surface area contributed by atoms with E-state index in [0.717, 1.165) is 11.1 Å². The number of ether oxygens (including phenoxy) is 1. The largest absolute Gasteiger partial charge is 0.479 e. The number of rotatable bonds is 5. The maximum absolute atomic E-state index is 11.8. The first-order chi connectivity index (χ1) is 9.23. The molecule has 3 N–H and O–H groups in total. The highest BCUT2D eigenvalue weighted by Gasteiger charge is 2.35. The van der Waals surface area contributed by atoms with Gasteiger partial charge in [0.25, 0.3) is 0 Å². The molecule has 0 unspecified atom stereocenters. The molecule has 0 bridgehead atoms. The number of esters is 1. The van der Waals surface area contributed by atoms with E-state index in [1.54, 1.807) is 13.0 Å². The van der Waals surface area contributed by atoms with E-state index >= 15 is 0 Å². The van der Waals surface area contributed by atoms with Gasteiger partial charge in [-0.25, -0.2) is 14.4 Å². The molecule has 0 spiro atoms. The molecule has 20 heavy (non-hydrogen) atoms. The molecule has 0 aliphatic carbocycles. The fourth-order valence-electron chi connectivity index (χ4n) is 1.43. The Bertz CT molecular complexity index is 550. The molecule has 0 heterocycles. The molecule has 0 radical (unpaired) electrons. The average Bonchev–Trinajstić information content (AvgIpc) is 2.37. The Morgan fingerprint density at radius 2 is 1.65 bits per heavy atom. The van der Waals surface area contributed by atoms with E-state index in [0.29, 0.717) is 0 Å². The second-order valence-corrected chi connectivity index (χ2v) is 4.25. The topological polar surface area (TPSA) is 121 Å². The second kappa shape index (κ2) is 6.16. The molecular weight excluding hydrogens is 268 g/mol. The summed E-state index contributed by atoms with van der Waals surface area (Å²) in [5, 5.41) is 26.5. The van der Waals surface area contributed by atoms with Crippen LogP contribution in [-0.2, 0) is 14.3 Å². The molecule has 0 aromatic heterocycles. The van der Waals surface area contributed by atoms with E-state index < -0.39 is 30.1 Å². The van der Waals surface area contributed by atoms with Gasteiger partial charge in [-0.15, -0.1) is 0 Å². The summed E-state index contributed by atoms with van der Waals surface area (Å²) in [5.74, 6) is -4.54. The Balaban J connectivity index is 2.93. The lowest BCUT2D eigenvalue weighted by atomic mass is 10.1. The predicted molar refractivity (Wildman–Crippen MR) is 66.4 cm³/mol. The Hall–Kier alpha value is -2.41. The van der Waals surface area contributed by atoms with Gasteiger partial charge >= 0.3 is 17.9 Å². The van der Waals surface area contributed by atoms with Crippen molar-refractivity contribution in [3.8, 4) is 0 Å². The predicted octanol–water partition coefficient (Wildman–Crippen LogP) is 0.359. The quantitative estimate of drug-likeness (QED) is 0.666. The minimum absolute atomic E-state index is 0.0805. The molecule has 0 aliphatic heterocycles. The Kier molecular flexibility index (Phi) is 4.82. The number of hydrogen-bond donors (Lipinski definition) is 3. The van der Waals surface area contributed by atoms with E-state index in [1.807, 2.05) is 6.92 Å². The molecule has 7 nitrogen and oxygen atoms in total. The van der Waals surface area contributed by atoms with Crippen LogP contribution in [0.4, 0.5) is 0 Å². The molecule has 108 valence electrons. The maximum atomic E-state index is 11.8. The Morgan fingerprint density at radius 1 is 1.05 bits per heavy atom. The molecule has 0 saturated carbocycles. The van der Waals surface area contributed by atoms with Gasteiger partial charge in [-0.05, 0) is 37.1 Å². The highest BCUT2D eigenvalue weighted by molar-refractivity contribution is 5.93. The molecule has 0 saturated heterocycles. The van der Waals surface area contributed by atoms with Crippen molar-refractivity contribution in [3.05, 3.63) is 34.9 Å². The first kappa shape index (κ1) is 15.6. The van der Waals surface area contributed by atoms with Crippen LogP contribution in [0.2, 0.25) is 0 Å². The number of aliphatic hydroxyl groups excluding tert-OH is 1. The number of carbonyl (C=O) groups excluding carboxylic acids is 1. The summed E-state index contributed by atoms with van der Waals surface area (Å²) in [5.41, 5.74) is 1.81. The van der Waals surface area contributed by atoms with Gasteiger partial charge in [0.05, 0.1) is 5.56 Å². The summed E-state index contributed by atoms with van der Waals surface area (Å²) in [4.78, 5) is 33.2. The van der Waals surface area contributed by atoms with E-state index in [-0.39, 0.29) is 5.56 Å². The van der Waals surface area contributed by atoms with Gasteiger partial charge in [-0.3, -0.25) is 0 Å². The van der Waals surface area contributed by atoms with Gasteiger partial charge in [0.15, 0.2) is 6.10 Å². The van der Waals surface area contributed by atoms with Crippen LogP contribution in [0.25, 0.3) is 0 Å². The van der Waals surface area contributed by atoms with Crippen LogP contribution in [0.15, 0.2) is 18.2 Å². The van der Waals surface area contributed by atoms with Crippen molar-refractivity contribution in [1.29, 1.82) is 0 Å². The molecule has 1 aromatic rings. The van der Waals surface area contributed by atoms with Crippen molar-refractivity contribution < 1.29 is 34.4 Å². The van der Waals surface area contributed by atoms with Gasteiger partial charge in [0, 0.05) is 0 Å². The normalized spacial score (nSPS) is 13.3. The lowest BCUT2D eigenvalue weighted by Crippen LogP contribution is -2.43. The second-order valence-electron chi connectivity index (χ2n) is 4.25. The molecular formula is C13H14O7. The van der Waals surface area contributed by atoms with Crippen molar-refractivity contribution >= 4 is 17.9 Å². The lowest BCUT2D eigenvalue weighted by Gasteiger charge is -2.16. The number of carboxylic acids is 2. The molecule has 0 fully saturated rings. The van der Waals surface area contributed by atoms with Crippen LogP contribution in [0.1, 0.15) is 21.5 Å². The third-order valence-electron chi connectivity index (χ3n) is 2.76. The van der Waals surface area contributed by atoms with Crippen LogP contribution >= 0.6 is 0 Å². The zero-order valence-corrected chi connectivity index (χ0v) is 10.9. The van der Waals surface area contributed by atoms with Gasteiger partial charge in [0.1, 0.15) is 0 Å². The SMILES string of the molecule is Cc1ccc(C(=O)O[C@H](C(=O)O)[C@H](O)C(=O)O)cc1C. The first-order valence-electron chi connectivity index (χ1n) is 5.66. The van der Waals surface area contributed by atoms with Crippen molar-refractivity contribution in [1.82, 2.24) is 0 Å². The maximum Gasteiger partial charge on any atom is 0.348 e. The van der Waals surface area contributed by atoms with Crippen LogP contribution in [0, 0.1) is 13.8 Å². The molecule has 2 atom stereocenters. The number of aliphatic hydroxyl groups is 1. The zero-order chi connectivity index (χ0) is 15.4. The molecule has 1 rings (SSSR count). The fraction of sp³-hybridized carbons (Fsp3) is 0.308. The summed E-state index contributed by atoms with van der Waals surface area (Å²) < 4.78 is 4.55. The minimum Gasteiger partial charge on any atom is -0.479 e. The number of carbonyl (C=O) groups is 3. The molecule has 0 amide bonds. The lowest BCUT2D eigenvalue weighted by molar-refractivity contribution is -0.166. The van der Waals surface area contributed by atoms with Gasteiger partial charge < -0.3 is 20.1 Å². The van der Waals surface area contributed by atoms with Crippen molar-refractivity contribution in [2.45, 2.75) is 26.1 Å². The summed E-state index contributed by atoms with van der Waals surface area (Å²) in [6.07, 6.45) is -4.50. The third-order valence-corrected chi connectivity index (χ3v) is 2.76. The van der Waals surface area contributed by atoms with Crippen LogP contribution in [0.3, 0.4) is 0 Å². The van der Waals surface area contributed by atoms with E-state index in [9.17, 15) is 19.5 Å². The number of aliphatic carboxylic acids is 2. The first-order valence-corrected chi connectivity index (χ1v) is 5.66. The summed E-state index contributed by atoms with van der Waals surface area (Å²) in [7, 11) is 0. The Labute approximate surface area is 114 Å². The third kappa shape index (κ3) is 3.55. The van der Waals surface area contributed by atoms with Crippen LogP contribution in [-0.4, -0.2) is 45.4 Å². The van der Waals surface area contributed by atoms with Crippen molar-refractivity contribution in [2.24, 2.45) is 0 Å². The molecule has 7 heteroatoms. The highest BCUT2D eigenvalue weighted by atomic mass is 16.6. The number of aryl methyl sites for hydroxylation is 2. The van der Waals surface area contributed by atoms with Crippen LogP contribution < -0.4 is 0 Å². The summed E-state index contributed by atoms with van der Waals surface area (Å²) in [6, 6.07) is 4.57. The fourth-order valence-corrected chi connectivity index (χ4v) is 1.43. The van der Waals surface area contributed by atoms with Gasteiger partial charge in [0.2, 0.25) is 6.10 Å². The van der Waals surface area contributed by atoms with Gasteiger partial charge in [-0.1, -0.05) is 6.07 Å². The Morgan fingerprint density at radius 3 is 2.10 bits per heavy atom. The van der Waals surface area contributed by atoms with E-state index in [2.05, 4.69) is 4.74 Å². The summed E-state index contributed by atoms with van der Waals surface area (Å²) >= 11 is 0. The summed E-state index contributed by atoms with van der Waals surface area (Å²) in [6.45, 7) is 3.59. The smallest absolute Gasteiger partial charge is 0.348 e. The average molecular weight is 282 g/mol. The highest BCUT2D eigenvalue weighted by Crippen LogP contribution is 2.13. The van der Waals surface area contributed by atoms with E-state index in [4.69, 9.17) is 10.2 Å². The van der Waals surface area contributed by atoms with Crippen LogP contribution in [0.5, 0.6) is 0 Å². The molecule has 1 aromatic carbocycles. The van der Waals surface area contributed by atoms with E-state index in [1.165, 1.54) is 12.1 Å². The minimum atomic E-state index is -2.33. The molecule has 0 aliphatic rings. The number of carboxylic acid groups (broad SMARTS) is 2. The number of hydrogen-bond acceptors (Lipinski definition) is 5. The monoisotopic (exact) mass is 282 g/mol.